The van der Waals surface area contributed by atoms with Crippen LogP contribution in [0.1, 0.15) is 176 Å². The minimum absolute atomic E-state index is 0.000278. The normalized spacial score (nSPS) is 14.5. The highest BCUT2D eigenvalue weighted by Crippen LogP contribution is 2.22. The number of hydrogen-bond acceptors (Lipinski definition) is 4. The fourth-order valence-corrected chi connectivity index (χ4v) is 5.22. The molecule has 0 fully saturated rings. The second kappa shape index (κ2) is 27.1. The lowest BCUT2D eigenvalue weighted by molar-refractivity contribution is -0.151. The summed E-state index contributed by atoms with van der Waals surface area (Å²) in [4.78, 5) is 24.4. The summed E-state index contributed by atoms with van der Waals surface area (Å²) in [6, 6.07) is 0. The first-order valence-corrected chi connectivity index (χ1v) is 17.2. The molecule has 4 nitrogen and oxygen atoms in total. The first kappa shape index (κ1) is 37.9. The Morgan fingerprint density at radius 2 is 0.974 bits per heavy atom. The molecule has 232 valence electrons. The van der Waals surface area contributed by atoms with Crippen LogP contribution in [-0.4, -0.2) is 25.2 Å². The maximum atomic E-state index is 12.5. The van der Waals surface area contributed by atoms with Crippen LogP contribution in [0.25, 0.3) is 0 Å². The predicted octanol–water partition coefficient (Wildman–Crippen LogP) is 10.8. The lowest BCUT2D eigenvalue weighted by Gasteiger charge is -2.21. The van der Waals surface area contributed by atoms with Crippen LogP contribution >= 0.6 is 0 Å². The molecule has 0 aliphatic carbocycles. The number of esters is 2. The van der Waals surface area contributed by atoms with E-state index in [-0.39, 0.29) is 17.9 Å². The number of hydrogen-bond donors (Lipinski definition) is 0. The molecule has 0 aromatic carbocycles. The van der Waals surface area contributed by atoms with Crippen molar-refractivity contribution in [2.45, 2.75) is 176 Å². The van der Waals surface area contributed by atoms with Gasteiger partial charge < -0.3 is 9.47 Å². The molecule has 39 heavy (non-hydrogen) atoms. The van der Waals surface area contributed by atoms with Crippen LogP contribution in [0.2, 0.25) is 0 Å². The molecule has 0 aromatic rings. The summed E-state index contributed by atoms with van der Waals surface area (Å²) >= 11 is 0. The molecule has 0 bridgehead atoms. The van der Waals surface area contributed by atoms with Crippen molar-refractivity contribution in [3.8, 4) is 0 Å². The Hall–Kier alpha value is -1.06. The van der Waals surface area contributed by atoms with Gasteiger partial charge in [-0.1, -0.05) is 144 Å². The van der Waals surface area contributed by atoms with E-state index in [4.69, 9.17) is 9.47 Å². The van der Waals surface area contributed by atoms with Crippen molar-refractivity contribution in [3.05, 3.63) is 0 Å². The topological polar surface area (TPSA) is 52.6 Å². The largest absolute Gasteiger partial charge is 0.465 e. The summed E-state index contributed by atoms with van der Waals surface area (Å²) in [5.41, 5.74) is 0. The van der Waals surface area contributed by atoms with E-state index >= 15 is 0 Å². The Bertz CT molecular complexity index is 561. The zero-order valence-corrected chi connectivity index (χ0v) is 27.2. The van der Waals surface area contributed by atoms with Crippen molar-refractivity contribution < 1.29 is 19.1 Å². The molecule has 0 heterocycles. The van der Waals surface area contributed by atoms with Gasteiger partial charge in [0.1, 0.15) is 0 Å². The Kier molecular flexibility index (Phi) is 26.4. The molecule has 0 amide bonds. The van der Waals surface area contributed by atoms with Gasteiger partial charge in [-0.05, 0) is 43.4 Å². The van der Waals surface area contributed by atoms with Crippen LogP contribution in [0.3, 0.4) is 0 Å². The van der Waals surface area contributed by atoms with E-state index < -0.39 is 0 Å². The minimum atomic E-state index is -0.00310. The van der Waals surface area contributed by atoms with Gasteiger partial charge in [0.25, 0.3) is 0 Å². The van der Waals surface area contributed by atoms with Crippen LogP contribution in [0.5, 0.6) is 0 Å². The van der Waals surface area contributed by atoms with Gasteiger partial charge >= 0.3 is 11.9 Å². The zero-order valence-electron chi connectivity index (χ0n) is 27.2. The van der Waals surface area contributed by atoms with Crippen LogP contribution in [0, 0.1) is 23.7 Å². The number of unbranched alkanes of at least 4 members (excludes halogenated alkanes) is 12. The monoisotopic (exact) mass is 553 g/mol. The van der Waals surface area contributed by atoms with Crippen molar-refractivity contribution in [3.63, 3.8) is 0 Å². The van der Waals surface area contributed by atoms with Crippen LogP contribution in [0.4, 0.5) is 0 Å². The lowest BCUT2D eigenvalue weighted by atomic mass is 9.90. The highest BCUT2D eigenvalue weighted by Gasteiger charge is 2.22. The van der Waals surface area contributed by atoms with Crippen molar-refractivity contribution in [2.75, 3.05) is 13.2 Å². The third kappa shape index (κ3) is 22.3. The fraction of sp³-hybridized carbons (Fsp3) is 0.943. The second-order valence-electron chi connectivity index (χ2n) is 12.3. The minimum Gasteiger partial charge on any atom is -0.465 e. The number of ether oxygens (including phenoxy) is 2. The van der Waals surface area contributed by atoms with Gasteiger partial charge in [0.15, 0.2) is 0 Å². The van der Waals surface area contributed by atoms with E-state index in [2.05, 4.69) is 34.6 Å². The maximum absolute atomic E-state index is 12.5. The summed E-state index contributed by atoms with van der Waals surface area (Å²) < 4.78 is 11.2. The first-order chi connectivity index (χ1) is 18.9. The summed E-state index contributed by atoms with van der Waals surface area (Å²) in [5, 5.41) is 0. The van der Waals surface area contributed by atoms with E-state index in [9.17, 15) is 9.59 Å². The molecule has 0 aliphatic heterocycles. The molecular weight excluding hydrogens is 484 g/mol. The number of carbonyl (C=O) groups excluding carboxylic acids is 2. The van der Waals surface area contributed by atoms with Gasteiger partial charge in [-0.25, -0.2) is 0 Å². The van der Waals surface area contributed by atoms with Crippen molar-refractivity contribution in [1.82, 2.24) is 0 Å². The molecular formula is C35H68O4. The lowest BCUT2D eigenvalue weighted by Crippen LogP contribution is -2.24. The molecule has 0 saturated heterocycles. The van der Waals surface area contributed by atoms with Gasteiger partial charge in [0.2, 0.25) is 0 Å². The van der Waals surface area contributed by atoms with Gasteiger partial charge in [-0.3, -0.25) is 9.59 Å². The molecule has 0 rings (SSSR count). The van der Waals surface area contributed by atoms with Crippen molar-refractivity contribution >= 4 is 11.9 Å². The molecule has 0 radical (unpaired) electrons. The highest BCUT2D eigenvalue weighted by molar-refractivity contribution is 5.72. The van der Waals surface area contributed by atoms with E-state index in [1.54, 1.807) is 0 Å². The second-order valence-corrected chi connectivity index (χ2v) is 12.3. The Morgan fingerprint density at radius 3 is 1.44 bits per heavy atom. The Labute approximate surface area is 244 Å². The smallest absolute Gasteiger partial charge is 0.308 e. The van der Waals surface area contributed by atoms with Gasteiger partial charge in [-0.2, -0.15) is 0 Å². The first-order valence-electron chi connectivity index (χ1n) is 17.2. The van der Waals surface area contributed by atoms with Crippen molar-refractivity contribution in [1.29, 1.82) is 0 Å². The number of rotatable bonds is 28. The third-order valence-electron chi connectivity index (χ3n) is 8.79. The van der Waals surface area contributed by atoms with Gasteiger partial charge in [0.05, 0.1) is 19.1 Å². The van der Waals surface area contributed by atoms with E-state index in [0.717, 1.165) is 32.1 Å². The molecule has 0 saturated carbocycles. The summed E-state index contributed by atoms with van der Waals surface area (Å²) in [5.74, 6) is 1.45. The third-order valence-corrected chi connectivity index (χ3v) is 8.79. The SMILES string of the molecule is CCCCC(CC)COC(=O)CCCCCCCCCCCCCC(C)C(C)C(=O)OCC(CC)CCCC. The van der Waals surface area contributed by atoms with Crippen molar-refractivity contribution in [2.24, 2.45) is 23.7 Å². The van der Waals surface area contributed by atoms with E-state index in [1.807, 2.05) is 6.92 Å². The number of carbonyl (C=O) groups is 2. The predicted molar refractivity (Wildman–Crippen MR) is 167 cm³/mol. The highest BCUT2D eigenvalue weighted by atomic mass is 16.5. The van der Waals surface area contributed by atoms with Crippen LogP contribution in [-0.2, 0) is 19.1 Å². The van der Waals surface area contributed by atoms with Gasteiger partial charge in [0, 0.05) is 6.42 Å². The molecule has 4 atom stereocenters. The molecule has 0 aliphatic rings. The molecule has 4 unspecified atom stereocenters. The molecule has 0 spiro atoms. The maximum Gasteiger partial charge on any atom is 0.308 e. The van der Waals surface area contributed by atoms with Gasteiger partial charge in [-0.15, -0.1) is 0 Å². The van der Waals surface area contributed by atoms with E-state index in [0.29, 0.717) is 37.4 Å². The molecule has 0 aromatic heterocycles. The Balaban J connectivity index is 3.61. The zero-order chi connectivity index (χ0) is 29.1. The fourth-order valence-electron chi connectivity index (χ4n) is 5.22. The summed E-state index contributed by atoms with van der Waals surface area (Å²) in [6.45, 7) is 14.3. The van der Waals surface area contributed by atoms with Crippen LogP contribution < -0.4 is 0 Å². The average Bonchev–Trinajstić information content (AvgIpc) is 2.94. The van der Waals surface area contributed by atoms with E-state index in [1.165, 1.54) is 96.3 Å². The summed E-state index contributed by atoms with van der Waals surface area (Å²) in [7, 11) is 0. The molecule has 4 heteroatoms. The average molecular weight is 553 g/mol. The van der Waals surface area contributed by atoms with Crippen LogP contribution in [0.15, 0.2) is 0 Å². The standard InChI is InChI=1S/C35H68O4/c1-7-11-25-32(9-3)28-38-34(36)27-23-21-19-17-15-13-14-16-18-20-22-24-30(5)31(6)35(37)39-29-33(10-4)26-12-8-2/h30-33H,7-29H2,1-6H3. The molecule has 0 N–H and O–H groups in total. The Morgan fingerprint density at radius 1 is 0.538 bits per heavy atom. The quantitative estimate of drug-likeness (QED) is 0.0715. The summed E-state index contributed by atoms with van der Waals surface area (Å²) in [6.07, 6.45) is 24.8.